The van der Waals surface area contributed by atoms with E-state index in [1.165, 1.54) is 13.2 Å². The Hall–Kier alpha value is -1.27. The van der Waals surface area contributed by atoms with Gasteiger partial charge in [0.1, 0.15) is 6.61 Å². The number of halogens is 3. The predicted molar refractivity (Wildman–Crippen MR) is 66.2 cm³/mol. The standard InChI is InChI=1S/C13H18F3NO2/c1-9(17-5-6-19-8-13(15)16)10-3-4-11(14)12(7-10)18-2/h3-4,7,9,13,17H,5-6,8H2,1-2H3. The number of hydrogen-bond donors (Lipinski definition) is 1. The largest absolute Gasteiger partial charge is 0.494 e. The normalized spacial score (nSPS) is 12.7. The zero-order valence-electron chi connectivity index (χ0n) is 11.0. The van der Waals surface area contributed by atoms with Crippen LogP contribution in [-0.4, -0.2) is 33.3 Å². The highest BCUT2D eigenvalue weighted by Gasteiger charge is 2.09. The van der Waals surface area contributed by atoms with Crippen molar-refractivity contribution < 1.29 is 22.6 Å². The lowest BCUT2D eigenvalue weighted by Gasteiger charge is -2.15. The minimum absolute atomic E-state index is 0.0513. The van der Waals surface area contributed by atoms with Gasteiger partial charge in [0.05, 0.1) is 13.7 Å². The van der Waals surface area contributed by atoms with Gasteiger partial charge in [-0.15, -0.1) is 0 Å². The molecule has 0 amide bonds. The minimum atomic E-state index is -2.45. The summed E-state index contributed by atoms with van der Waals surface area (Å²) in [5.74, 6) is -0.237. The number of hydrogen-bond acceptors (Lipinski definition) is 3. The van der Waals surface area contributed by atoms with E-state index in [1.807, 2.05) is 6.92 Å². The molecule has 1 atom stereocenters. The van der Waals surface area contributed by atoms with Crippen LogP contribution < -0.4 is 10.1 Å². The van der Waals surface area contributed by atoms with Crippen molar-refractivity contribution in [3.05, 3.63) is 29.6 Å². The molecule has 0 radical (unpaired) electrons. The van der Waals surface area contributed by atoms with E-state index >= 15 is 0 Å². The van der Waals surface area contributed by atoms with Crippen LogP contribution >= 0.6 is 0 Å². The van der Waals surface area contributed by atoms with Crippen LogP contribution in [0.4, 0.5) is 13.2 Å². The van der Waals surface area contributed by atoms with Crippen LogP contribution in [0, 0.1) is 5.82 Å². The van der Waals surface area contributed by atoms with Gasteiger partial charge in [-0.25, -0.2) is 13.2 Å². The quantitative estimate of drug-likeness (QED) is 0.741. The van der Waals surface area contributed by atoms with E-state index in [4.69, 9.17) is 9.47 Å². The highest BCUT2D eigenvalue weighted by atomic mass is 19.3. The smallest absolute Gasteiger partial charge is 0.261 e. The molecule has 0 heterocycles. The first-order chi connectivity index (χ1) is 9.04. The highest BCUT2D eigenvalue weighted by molar-refractivity contribution is 5.31. The zero-order valence-corrected chi connectivity index (χ0v) is 11.0. The van der Waals surface area contributed by atoms with Gasteiger partial charge in [-0.2, -0.15) is 0 Å². The maximum Gasteiger partial charge on any atom is 0.261 e. The fourth-order valence-electron chi connectivity index (χ4n) is 1.58. The number of ether oxygens (including phenoxy) is 2. The Morgan fingerprint density at radius 2 is 2.05 bits per heavy atom. The Morgan fingerprint density at radius 1 is 1.32 bits per heavy atom. The number of methoxy groups -OCH3 is 1. The molecule has 1 unspecified atom stereocenters. The molecular formula is C13H18F3NO2. The first-order valence-corrected chi connectivity index (χ1v) is 5.97. The molecule has 1 aromatic rings. The molecule has 1 rings (SSSR count). The molecule has 0 aromatic heterocycles. The summed E-state index contributed by atoms with van der Waals surface area (Å²) >= 11 is 0. The molecule has 19 heavy (non-hydrogen) atoms. The van der Waals surface area contributed by atoms with Gasteiger partial charge >= 0.3 is 0 Å². The van der Waals surface area contributed by atoms with Crippen molar-refractivity contribution in [2.24, 2.45) is 0 Å². The molecule has 0 saturated heterocycles. The fourth-order valence-corrected chi connectivity index (χ4v) is 1.58. The van der Waals surface area contributed by atoms with E-state index in [1.54, 1.807) is 12.1 Å². The maximum absolute atomic E-state index is 13.2. The first kappa shape index (κ1) is 15.8. The van der Waals surface area contributed by atoms with E-state index in [9.17, 15) is 13.2 Å². The number of nitrogens with one attached hydrogen (secondary N) is 1. The van der Waals surface area contributed by atoms with Gasteiger partial charge in [-0.1, -0.05) is 6.07 Å². The molecule has 1 aromatic carbocycles. The summed E-state index contributed by atoms with van der Waals surface area (Å²) in [5, 5.41) is 3.10. The highest BCUT2D eigenvalue weighted by Crippen LogP contribution is 2.22. The van der Waals surface area contributed by atoms with Gasteiger partial charge in [-0.3, -0.25) is 0 Å². The lowest BCUT2D eigenvalue weighted by molar-refractivity contribution is 0.0183. The van der Waals surface area contributed by atoms with Crippen LogP contribution in [0.3, 0.4) is 0 Å². The number of alkyl halides is 2. The van der Waals surface area contributed by atoms with Crippen molar-refractivity contribution in [3.8, 4) is 5.75 Å². The molecular weight excluding hydrogens is 259 g/mol. The molecule has 0 aliphatic rings. The third-order valence-corrected chi connectivity index (χ3v) is 2.62. The topological polar surface area (TPSA) is 30.5 Å². The molecule has 6 heteroatoms. The van der Waals surface area contributed by atoms with Gasteiger partial charge in [0.25, 0.3) is 6.43 Å². The van der Waals surface area contributed by atoms with Crippen LogP contribution in [0.25, 0.3) is 0 Å². The van der Waals surface area contributed by atoms with Gasteiger partial charge in [0, 0.05) is 12.6 Å². The lowest BCUT2D eigenvalue weighted by atomic mass is 10.1. The summed E-state index contributed by atoms with van der Waals surface area (Å²) in [5.41, 5.74) is 0.854. The van der Waals surface area contributed by atoms with Crippen LogP contribution in [0.15, 0.2) is 18.2 Å². The second-order valence-electron chi connectivity index (χ2n) is 4.04. The molecule has 3 nitrogen and oxygen atoms in total. The van der Waals surface area contributed by atoms with Gasteiger partial charge in [-0.05, 0) is 24.6 Å². The Labute approximate surface area is 110 Å². The van der Waals surface area contributed by atoms with Crippen molar-refractivity contribution in [2.75, 3.05) is 26.9 Å². The second kappa shape index (κ2) is 8.01. The third kappa shape index (κ3) is 5.48. The van der Waals surface area contributed by atoms with E-state index in [0.29, 0.717) is 6.54 Å². The Balaban J connectivity index is 2.38. The van der Waals surface area contributed by atoms with Crippen LogP contribution in [0.1, 0.15) is 18.5 Å². The van der Waals surface area contributed by atoms with Crippen molar-refractivity contribution in [3.63, 3.8) is 0 Å². The number of benzene rings is 1. The molecule has 0 fully saturated rings. The van der Waals surface area contributed by atoms with Crippen molar-refractivity contribution in [1.82, 2.24) is 5.32 Å². The van der Waals surface area contributed by atoms with Gasteiger partial charge < -0.3 is 14.8 Å². The van der Waals surface area contributed by atoms with Crippen molar-refractivity contribution in [2.45, 2.75) is 19.4 Å². The molecule has 0 spiro atoms. The summed E-state index contributed by atoms with van der Waals surface area (Å²) in [6.45, 7) is 1.97. The summed E-state index contributed by atoms with van der Waals surface area (Å²) in [7, 11) is 1.40. The Bertz CT molecular complexity index is 388. The van der Waals surface area contributed by atoms with Gasteiger partial charge in [0.2, 0.25) is 0 Å². The summed E-state index contributed by atoms with van der Waals surface area (Å²) in [6, 6.07) is 4.53. The van der Waals surface area contributed by atoms with E-state index in [0.717, 1.165) is 5.56 Å². The van der Waals surface area contributed by atoms with Gasteiger partial charge in [0.15, 0.2) is 11.6 Å². The molecule has 0 saturated carbocycles. The molecule has 108 valence electrons. The number of rotatable bonds is 8. The van der Waals surface area contributed by atoms with Crippen LogP contribution in [-0.2, 0) is 4.74 Å². The summed E-state index contributed by atoms with van der Waals surface area (Å²) < 4.78 is 46.5. The fraction of sp³-hybridized carbons (Fsp3) is 0.538. The van der Waals surface area contributed by atoms with E-state index < -0.39 is 18.8 Å². The Morgan fingerprint density at radius 3 is 2.68 bits per heavy atom. The van der Waals surface area contributed by atoms with E-state index in [2.05, 4.69) is 5.32 Å². The molecule has 1 N–H and O–H groups in total. The monoisotopic (exact) mass is 277 g/mol. The molecule has 0 aliphatic carbocycles. The average Bonchev–Trinajstić information content (AvgIpc) is 2.38. The minimum Gasteiger partial charge on any atom is -0.494 e. The predicted octanol–water partition coefficient (Wildman–Crippen LogP) is 2.77. The van der Waals surface area contributed by atoms with Crippen LogP contribution in [0.2, 0.25) is 0 Å². The van der Waals surface area contributed by atoms with Crippen molar-refractivity contribution in [1.29, 1.82) is 0 Å². The zero-order chi connectivity index (χ0) is 14.3. The molecule has 0 bridgehead atoms. The van der Waals surface area contributed by atoms with Crippen LogP contribution in [0.5, 0.6) is 5.75 Å². The Kier molecular flexibility index (Phi) is 6.66. The second-order valence-corrected chi connectivity index (χ2v) is 4.04. The van der Waals surface area contributed by atoms with Crippen molar-refractivity contribution >= 4 is 0 Å². The first-order valence-electron chi connectivity index (χ1n) is 5.97. The lowest BCUT2D eigenvalue weighted by Crippen LogP contribution is -2.24. The maximum atomic E-state index is 13.2. The summed E-state index contributed by atoms with van der Waals surface area (Å²) in [4.78, 5) is 0. The molecule has 0 aliphatic heterocycles. The third-order valence-electron chi connectivity index (χ3n) is 2.62. The summed E-state index contributed by atoms with van der Waals surface area (Å²) in [6.07, 6.45) is -2.45. The average molecular weight is 277 g/mol. The van der Waals surface area contributed by atoms with E-state index in [-0.39, 0.29) is 18.4 Å². The SMILES string of the molecule is COc1cc(C(C)NCCOCC(F)F)ccc1F.